The zero-order valence-corrected chi connectivity index (χ0v) is 8.78. The fraction of sp³-hybridized carbons (Fsp3) is 0.273. The summed E-state index contributed by atoms with van der Waals surface area (Å²) < 4.78 is 0. The number of carbonyl (C=O) groups is 2. The van der Waals surface area contributed by atoms with Crippen LogP contribution in [0.25, 0.3) is 0 Å². The van der Waals surface area contributed by atoms with Crippen LogP contribution < -0.4 is 11.5 Å². The lowest BCUT2D eigenvalue weighted by Crippen LogP contribution is -2.35. The molecule has 1 aromatic rings. The summed E-state index contributed by atoms with van der Waals surface area (Å²) in [6.45, 7) is 3.46. The lowest BCUT2D eigenvalue weighted by Gasteiger charge is -2.20. The molecule has 4 nitrogen and oxygen atoms in total. The number of primary amides is 2. The Morgan fingerprint density at radius 2 is 1.53 bits per heavy atom. The van der Waals surface area contributed by atoms with Crippen LogP contribution in [0.5, 0.6) is 0 Å². The minimum atomic E-state index is -0.740. The minimum absolute atomic E-state index is 0.408. The summed E-state index contributed by atoms with van der Waals surface area (Å²) in [4.78, 5) is 22.0. The number of nitrogens with two attached hydrogens (primary N) is 2. The van der Waals surface area contributed by atoms with Crippen LogP contribution >= 0.6 is 0 Å². The lowest BCUT2D eigenvalue weighted by molar-refractivity contribution is -0.122. The van der Waals surface area contributed by atoms with E-state index in [-0.39, 0.29) is 0 Å². The molecule has 0 heterocycles. The summed E-state index contributed by atoms with van der Waals surface area (Å²) in [6, 6.07) is 6.54. The fourth-order valence-electron chi connectivity index (χ4n) is 1.19. The van der Waals surface area contributed by atoms with Gasteiger partial charge in [0.2, 0.25) is 11.8 Å². The second kappa shape index (κ2) is 3.73. The summed E-state index contributed by atoms with van der Waals surface area (Å²) >= 11 is 0. The molecule has 0 aliphatic heterocycles. The zero-order valence-electron chi connectivity index (χ0n) is 8.78. The van der Waals surface area contributed by atoms with Crippen LogP contribution in [-0.2, 0) is 10.2 Å². The standard InChI is InChI=1S/C11H14N2O2/c1-11(2,10(13)15)8-5-3-7(4-6-8)9(12)14/h3-6H,1-2H3,(H2,12,14)(H2,13,15). The van der Waals surface area contributed by atoms with E-state index in [1.807, 2.05) is 0 Å². The normalized spacial score (nSPS) is 11.1. The molecule has 0 aliphatic carbocycles. The first kappa shape index (κ1) is 11.2. The number of amides is 2. The van der Waals surface area contributed by atoms with Crippen LogP contribution in [0.3, 0.4) is 0 Å². The molecular weight excluding hydrogens is 192 g/mol. The zero-order chi connectivity index (χ0) is 11.6. The molecule has 1 rings (SSSR count). The Balaban J connectivity index is 3.09. The molecule has 4 heteroatoms. The van der Waals surface area contributed by atoms with Gasteiger partial charge in [-0.3, -0.25) is 9.59 Å². The Bertz CT molecular complexity index is 394. The number of hydrogen-bond donors (Lipinski definition) is 2. The number of carbonyl (C=O) groups excluding carboxylic acids is 2. The molecule has 0 saturated heterocycles. The van der Waals surface area contributed by atoms with E-state index >= 15 is 0 Å². The molecule has 0 saturated carbocycles. The van der Waals surface area contributed by atoms with E-state index in [9.17, 15) is 9.59 Å². The van der Waals surface area contributed by atoms with Gasteiger partial charge in [0.15, 0.2) is 0 Å². The van der Waals surface area contributed by atoms with E-state index in [4.69, 9.17) is 11.5 Å². The van der Waals surface area contributed by atoms with E-state index in [1.165, 1.54) is 0 Å². The van der Waals surface area contributed by atoms with Crippen molar-refractivity contribution in [3.05, 3.63) is 35.4 Å². The van der Waals surface area contributed by atoms with Crippen LogP contribution in [0.4, 0.5) is 0 Å². The highest BCUT2D eigenvalue weighted by molar-refractivity contribution is 5.93. The van der Waals surface area contributed by atoms with Gasteiger partial charge in [-0.1, -0.05) is 12.1 Å². The third kappa shape index (κ3) is 2.15. The molecule has 0 aliphatic rings. The number of hydrogen-bond acceptors (Lipinski definition) is 2. The average Bonchev–Trinajstić information content (AvgIpc) is 2.17. The summed E-state index contributed by atoms with van der Waals surface area (Å²) in [5, 5.41) is 0. The molecule has 0 fully saturated rings. The van der Waals surface area contributed by atoms with Crippen molar-refractivity contribution in [3.8, 4) is 0 Å². The molecule has 2 amide bonds. The van der Waals surface area contributed by atoms with Crippen LogP contribution in [0.2, 0.25) is 0 Å². The van der Waals surface area contributed by atoms with E-state index in [2.05, 4.69) is 0 Å². The maximum absolute atomic E-state index is 11.2. The lowest BCUT2D eigenvalue weighted by atomic mass is 9.83. The maximum Gasteiger partial charge on any atom is 0.248 e. The average molecular weight is 206 g/mol. The first-order chi connectivity index (χ1) is 6.85. The van der Waals surface area contributed by atoms with Crippen molar-refractivity contribution in [1.82, 2.24) is 0 Å². The Hall–Kier alpha value is -1.84. The fourth-order valence-corrected chi connectivity index (χ4v) is 1.19. The highest BCUT2D eigenvalue weighted by Crippen LogP contribution is 2.22. The molecule has 4 N–H and O–H groups in total. The summed E-state index contributed by atoms with van der Waals surface area (Å²) in [6.07, 6.45) is 0. The smallest absolute Gasteiger partial charge is 0.248 e. The quantitative estimate of drug-likeness (QED) is 0.756. The minimum Gasteiger partial charge on any atom is -0.369 e. The highest BCUT2D eigenvalue weighted by atomic mass is 16.1. The second-order valence-corrected chi connectivity index (χ2v) is 3.93. The number of rotatable bonds is 3. The highest BCUT2D eigenvalue weighted by Gasteiger charge is 2.27. The topological polar surface area (TPSA) is 86.2 Å². The molecule has 80 valence electrons. The summed E-state index contributed by atoms with van der Waals surface area (Å²) in [5.74, 6) is -0.896. The van der Waals surface area contributed by atoms with Gasteiger partial charge >= 0.3 is 0 Å². The van der Waals surface area contributed by atoms with Crippen molar-refractivity contribution in [3.63, 3.8) is 0 Å². The van der Waals surface area contributed by atoms with Crippen molar-refractivity contribution in [2.24, 2.45) is 11.5 Å². The molecule has 0 unspecified atom stereocenters. The predicted molar refractivity (Wildman–Crippen MR) is 57.2 cm³/mol. The van der Waals surface area contributed by atoms with Crippen molar-refractivity contribution < 1.29 is 9.59 Å². The Kier molecular flexibility index (Phi) is 2.79. The van der Waals surface area contributed by atoms with Gasteiger partial charge in [-0.2, -0.15) is 0 Å². The number of benzene rings is 1. The van der Waals surface area contributed by atoms with Gasteiger partial charge in [0.05, 0.1) is 5.41 Å². The van der Waals surface area contributed by atoms with Gasteiger partial charge in [0.1, 0.15) is 0 Å². The molecule has 1 aromatic carbocycles. The first-order valence-corrected chi connectivity index (χ1v) is 4.56. The molecular formula is C11H14N2O2. The van der Waals surface area contributed by atoms with E-state index < -0.39 is 17.2 Å². The van der Waals surface area contributed by atoms with Gasteiger partial charge in [-0.15, -0.1) is 0 Å². The first-order valence-electron chi connectivity index (χ1n) is 4.56. The van der Waals surface area contributed by atoms with Gasteiger partial charge in [0, 0.05) is 5.56 Å². The van der Waals surface area contributed by atoms with E-state index in [0.717, 1.165) is 5.56 Å². The van der Waals surface area contributed by atoms with E-state index in [1.54, 1.807) is 38.1 Å². The molecule has 0 bridgehead atoms. The van der Waals surface area contributed by atoms with Crippen molar-refractivity contribution >= 4 is 11.8 Å². The van der Waals surface area contributed by atoms with Crippen LogP contribution in [0.15, 0.2) is 24.3 Å². The van der Waals surface area contributed by atoms with Crippen LogP contribution in [-0.4, -0.2) is 11.8 Å². The van der Waals surface area contributed by atoms with Crippen LogP contribution in [0.1, 0.15) is 29.8 Å². The van der Waals surface area contributed by atoms with Gasteiger partial charge in [-0.05, 0) is 31.5 Å². The van der Waals surface area contributed by atoms with Crippen molar-refractivity contribution in [2.45, 2.75) is 19.3 Å². The summed E-state index contributed by atoms with van der Waals surface area (Å²) in [7, 11) is 0. The molecule has 0 radical (unpaired) electrons. The summed E-state index contributed by atoms with van der Waals surface area (Å²) in [5.41, 5.74) is 10.8. The van der Waals surface area contributed by atoms with Gasteiger partial charge in [0.25, 0.3) is 0 Å². The Morgan fingerprint density at radius 1 is 1.07 bits per heavy atom. The molecule has 0 spiro atoms. The maximum atomic E-state index is 11.2. The molecule has 0 atom stereocenters. The molecule has 0 aromatic heterocycles. The Morgan fingerprint density at radius 3 is 1.87 bits per heavy atom. The molecule has 15 heavy (non-hydrogen) atoms. The van der Waals surface area contributed by atoms with Crippen molar-refractivity contribution in [1.29, 1.82) is 0 Å². The SMILES string of the molecule is CC(C)(C(N)=O)c1ccc(C(N)=O)cc1. The van der Waals surface area contributed by atoms with Crippen LogP contribution in [0, 0.1) is 0 Å². The predicted octanol–water partition coefficient (Wildman–Crippen LogP) is 0.548. The van der Waals surface area contributed by atoms with E-state index in [0.29, 0.717) is 5.56 Å². The van der Waals surface area contributed by atoms with Gasteiger partial charge in [-0.25, -0.2) is 0 Å². The largest absolute Gasteiger partial charge is 0.369 e. The second-order valence-electron chi connectivity index (χ2n) is 3.93. The third-order valence-electron chi connectivity index (χ3n) is 2.51. The van der Waals surface area contributed by atoms with Gasteiger partial charge < -0.3 is 11.5 Å². The monoisotopic (exact) mass is 206 g/mol. The third-order valence-corrected chi connectivity index (χ3v) is 2.51. The van der Waals surface area contributed by atoms with Crippen molar-refractivity contribution in [2.75, 3.05) is 0 Å². The Labute approximate surface area is 88.3 Å².